The van der Waals surface area contributed by atoms with Crippen LogP contribution in [0, 0.1) is 0 Å². The van der Waals surface area contributed by atoms with Gasteiger partial charge in [0.25, 0.3) is 0 Å². The topological polar surface area (TPSA) is 41.6 Å². The summed E-state index contributed by atoms with van der Waals surface area (Å²) in [6.45, 7) is 0.634. The molecule has 2 rings (SSSR count). The maximum absolute atomic E-state index is 11.1. The van der Waals surface area contributed by atoms with Crippen LogP contribution < -0.4 is 15.2 Å². The number of nitrogens with zero attached hydrogens (tertiary/aromatic N) is 1. The first kappa shape index (κ1) is 10.1. The van der Waals surface area contributed by atoms with Gasteiger partial charge in [-0.3, -0.25) is 15.2 Å². The minimum atomic E-state index is 0.0111. The molecule has 5 heteroatoms. The summed E-state index contributed by atoms with van der Waals surface area (Å²) in [5.74, 6) is 0.707. The van der Waals surface area contributed by atoms with Gasteiger partial charge in [-0.05, 0) is 18.2 Å². The van der Waals surface area contributed by atoms with Gasteiger partial charge in [-0.1, -0.05) is 11.6 Å². The lowest BCUT2D eigenvalue weighted by molar-refractivity contribution is -0.119. The van der Waals surface area contributed by atoms with E-state index in [9.17, 15) is 4.79 Å². The molecule has 1 aromatic rings. The maximum Gasteiger partial charge on any atom is 0.240 e. The highest BCUT2D eigenvalue weighted by Crippen LogP contribution is 2.31. The molecule has 0 aliphatic carbocycles. The average molecular weight is 227 g/mol. The number of carbonyl (C=O) groups is 1. The van der Waals surface area contributed by atoms with Gasteiger partial charge < -0.3 is 4.74 Å². The Balaban J connectivity index is 2.33. The molecule has 1 aliphatic heterocycles. The zero-order valence-corrected chi connectivity index (χ0v) is 9.04. The number of hydrazine groups is 1. The second kappa shape index (κ2) is 3.98. The Morgan fingerprint density at radius 2 is 2.33 bits per heavy atom. The molecule has 1 aromatic carbocycles. The molecule has 0 saturated carbocycles. The van der Waals surface area contributed by atoms with E-state index in [0.717, 1.165) is 5.69 Å². The summed E-state index contributed by atoms with van der Waals surface area (Å²) in [6.07, 6.45) is 0.496. The van der Waals surface area contributed by atoms with E-state index in [-0.39, 0.29) is 5.91 Å². The van der Waals surface area contributed by atoms with Crippen molar-refractivity contribution >= 4 is 23.2 Å². The number of methoxy groups -OCH3 is 1. The van der Waals surface area contributed by atoms with E-state index >= 15 is 0 Å². The summed E-state index contributed by atoms with van der Waals surface area (Å²) >= 11 is 5.89. The monoisotopic (exact) mass is 226 g/mol. The van der Waals surface area contributed by atoms with Crippen LogP contribution in [0.25, 0.3) is 0 Å². The Hall–Kier alpha value is -1.42. The molecule has 80 valence electrons. The highest BCUT2D eigenvalue weighted by molar-refractivity contribution is 6.31. The summed E-state index contributed by atoms with van der Waals surface area (Å²) in [5.41, 5.74) is 3.52. The van der Waals surface area contributed by atoms with Crippen LogP contribution in [0.15, 0.2) is 18.2 Å². The van der Waals surface area contributed by atoms with Crippen molar-refractivity contribution in [1.82, 2.24) is 5.43 Å². The fourth-order valence-electron chi connectivity index (χ4n) is 1.53. The third-order valence-corrected chi connectivity index (χ3v) is 2.49. The van der Waals surface area contributed by atoms with Crippen molar-refractivity contribution in [2.45, 2.75) is 6.42 Å². The van der Waals surface area contributed by atoms with E-state index in [1.54, 1.807) is 30.3 Å². The van der Waals surface area contributed by atoms with Gasteiger partial charge in [-0.2, -0.15) is 0 Å². The van der Waals surface area contributed by atoms with Gasteiger partial charge in [0, 0.05) is 18.0 Å². The van der Waals surface area contributed by atoms with Crippen LogP contribution in [0.1, 0.15) is 6.42 Å². The van der Waals surface area contributed by atoms with Gasteiger partial charge in [-0.25, -0.2) is 0 Å². The Labute approximate surface area is 92.7 Å². The van der Waals surface area contributed by atoms with E-state index in [4.69, 9.17) is 16.3 Å². The minimum absolute atomic E-state index is 0.0111. The first-order chi connectivity index (χ1) is 7.20. The normalized spacial score (nSPS) is 15.3. The molecular formula is C10H11ClN2O2. The molecule has 1 aliphatic rings. The fourth-order valence-corrected chi connectivity index (χ4v) is 1.70. The third kappa shape index (κ3) is 1.99. The van der Waals surface area contributed by atoms with Gasteiger partial charge >= 0.3 is 0 Å². The lowest BCUT2D eigenvalue weighted by Gasteiger charge is -2.20. The molecule has 4 nitrogen and oxygen atoms in total. The molecule has 1 N–H and O–H groups in total. The standard InChI is InChI=1S/C10H11ClN2O2/c1-15-9-3-2-7(11)6-8(9)13-5-4-10(14)12-13/h2-3,6H,4-5H2,1H3,(H,12,14). The molecule has 0 spiro atoms. The molecule has 0 bridgehead atoms. The Morgan fingerprint density at radius 1 is 1.53 bits per heavy atom. The highest BCUT2D eigenvalue weighted by Gasteiger charge is 2.21. The smallest absolute Gasteiger partial charge is 0.240 e. The lowest BCUT2D eigenvalue weighted by atomic mass is 10.3. The van der Waals surface area contributed by atoms with Gasteiger partial charge in [0.1, 0.15) is 11.4 Å². The lowest BCUT2D eigenvalue weighted by Crippen LogP contribution is -2.33. The van der Waals surface area contributed by atoms with Gasteiger partial charge in [0.15, 0.2) is 0 Å². The Bertz CT molecular complexity index is 395. The molecule has 1 fully saturated rings. The molecule has 0 unspecified atom stereocenters. The van der Waals surface area contributed by atoms with Gasteiger partial charge in [-0.15, -0.1) is 0 Å². The largest absolute Gasteiger partial charge is 0.495 e. The van der Waals surface area contributed by atoms with Crippen LogP contribution in [0.5, 0.6) is 5.75 Å². The van der Waals surface area contributed by atoms with Crippen LogP contribution in [0.2, 0.25) is 5.02 Å². The number of anilines is 1. The van der Waals surface area contributed by atoms with Gasteiger partial charge in [0.05, 0.1) is 7.11 Å². The molecule has 15 heavy (non-hydrogen) atoms. The number of hydrogen-bond acceptors (Lipinski definition) is 3. The zero-order chi connectivity index (χ0) is 10.8. The SMILES string of the molecule is COc1ccc(Cl)cc1N1CCC(=O)N1. The van der Waals surface area contributed by atoms with E-state index in [1.807, 2.05) is 0 Å². The molecule has 1 amide bonds. The van der Waals surface area contributed by atoms with E-state index in [0.29, 0.717) is 23.7 Å². The number of benzene rings is 1. The first-order valence-electron chi connectivity index (χ1n) is 4.61. The Kier molecular flexibility index (Phi) is 2.68. The second-order valence-corrected chi connectivity index (χ2v) is 3.69. The quantitative estimate of drug-likeness (QED) is 0.833. The van der Waals surface area contributed by atoms with Crippen molar-refractivity contribution in [2.24, 2.45) is 0 Å². The molecular weight excluding hydrogens is 216 g/mol. The van der Waals surface area contributed by atoms with Crippen LogP contribution in [0.4, 0.5) is 5.69 Å². The number of ether oxygens (including phenoxy) is 1. The number of amides is 1. The van der Waals surface area contributed by atoms with Crippen molar-refractivity contribution < 1.29 is 9.53 Å². The van der Waals surface area contributed by atoms with Crippen molar-refractivity contribution in [3.63, 3.8) is 0 Å². The molecule has 0 atom stereocenters. The van der Waals surface area contributed by atoms with E-state index < -0.39 is 0 Å². The molecule has 1 saturated heterocycles. The zero-order valence-electron chi connectivity index (χ0n) is 8.29. The fraction of sp³-hybridized carbons (Fsp3) is 0.300. The molecule has 0 aromatic heterocycles. The molecule has 1 heterocycles. The number of nitrogens with one attached hydrogen (secondary N) is 1. The summed E-state index contributed by atoms with van der Waals surface area (Å²) < 4.78 is 5.20. The van der Waals surface area contributed by atoms with Gasteiger partial charge in [0.2, 0.25) is 5.91 Å². The second-order valence-electron chi connectivity index (χ2n) is 3.25. The Morgan fingerprint density at radius 3 is 2.93 bits per heavy atom. The summed E-state index contributed by atoms with van der Waals surface area (Å²) in [6, 6.07) is 5.30. The van der Waals surface area contributed by atoms with Crippen molar-refractivity contribution in [2.75, 3.05) is 18.7 Å². The highest BCUT2D eigenvalue weighted by atomic mass is 35.5. The van der Waals surface area contributed by atoms with Crippen molar-refractivity contribution in [3.8, 4) is 5.75 Å². The van der Waals surface area contributed by atoms with Crippen LogP contribution in [-0.4, -0.2) is 19.6 Å². The van der Waals surface area contributed by atoms with Crippen molar-refractivity contribution in [1.29, 1.82) is 0 Å². The number of rotatable bonds is 2. The minimum Gasteiger partial charge on any atom is -0.495 e. The first-order valence-corrected chi connectivity index (χ1v) is 4.99. The predicted octanol–water partition coefficient (Wildman–Crippen LogP) is 1.59. The van der Waals surface area contributed by atoms with Crippen LogP contribution in [-0.2, 0) is 4.79 Å². The summed E-state index contributed by atoms with van der Waals surface area (Å²) in [5, 5.41) is 2.36. The third-order valence-electron chi connectivity index (χ3n) is 2.25. The number of halogens is 1. The number of carbonyl (C=O) groups excluding carboxylic acids is 1. The maximum atomic E-state index is 11.1. The van der Waals surface area contributed by atoms with Crippen LogP contribution >= 0.6 is 11.6 Å². The number of hydrogen-bond donors (Lipinski definition) is 1. The van der Waals surface area contributed by atoms with Crippen molar-refractivity contribution in [3.05, 3.63) is 23.2 Å². The van der Waals surface area contributed by atoms with E-state index in [1.165, 1.54) is 0 Å². The average Bonchev–Trinajstić information content (AvgIpc) is 2.65. The summed E-state index contributed by atoms with van der Waals surface area (Å²) in [4.78, 5) is 11.1. The summed E-state index contributed by atoms with van der Waals surface area (Å²) in [7, 11) is 1.59. The predicted molar refractivity (Wildman–Crippen MR) is 58.1 cm³/mol. The molecule has 0 radical (unpaired) electrons. The van der Waals surface area contributed by atoms with E-state index in [2.05, 4.69) is 5.43 Å². The van der Waals surface area contributed by atoms with Crippen LogP contribution in [0.3, 0.4) is 0 Å².